The molecular weight excluding hydrogens is 242 g/mol. The Balaban J connectivity index is 2.62. The predicted octanol–water partition coefficient (Wildman–Crippen LogP) is 2.30. The molecule has 0 radical (unpaired) electrons. The first-order chi connectivity index (χ1) is 9.08. The highest BCUT2D eigenvalue weighted by molar-refractivity contribution is 5.81. The van der Waals surface area contributed by atoms with E-state index < -0.39 is 0 Å². The molecule has 0 aliphatic heterocycles. The second-order valence-corrected chi connectivity index (χ2v) is 4.31. The summed E-state index contributed by atoms with van der Waals surface area (Å²) < 4.78 is 5.40. The summed E-state index contributed by atoms with van der Waals surface area (Å²) in [4.78, 5) is 24.4. The molecule has 0 saturated carbocycles. The zero-order valence-corrected chi connectivity index (χ0v) is 11.4. The summed E-state index contributed by atoms with van der Waals surface area (Å²) in [5, 5.41) is 0. The third-order valence-corrected chi connectivity index (χ3v) is 2.59. The molecule has 0 atom stereocenters. The molecule has 0 aliphatic rings. The number of aldehydes is 1. The van der Waals surface area contributed by atoms with E-state index >= 15 is 0 Å². The maximum atomic E-state index is 12.0. The van der Waals surface area contributed by atoms with Crippen molar-refractivity contribution in [3.63, 3.8) is 0 Å². The van der Waals surface area contributed by atoms with Crippen LogP contribution in [0.3, 0.4) is 0 Å². The fraction of sp³-hybridized carbons (Fsp3) is 0.333. The lowest BCUT2D eigenvalue weighted by Crippen LogP contribution is -2.35. The van der Waals surface area contributed by atoms with Gasteiger partial charge in [-0.3, -0.25) is 9.59 Å². The highest BCUT2D eigenvalue weighted by Gasteiger charge is 2.13. The Hall–Kier alpha value is -2.10. The van der Waals surface area contributed by atoms with Crippen LogP contribution in [0.1, 0.15) is 24.2 Å². The molecule has 0 aromatic heterocycles. The van der Waals surface area contributed by atoms with Gasteiger partial charge in [-0.25, -0.2) is 0 Å². The Bertz CT molecular complexity index is 468. The number of amides is 1. The molecule has 4 nitrogen and oxygen atoms in total. The SMILES string of the molecule is C=C(C)CN(CC)C(=O)COc1ccccc1C=O. The monoisotopic (exact) mass is 261 g/mol. The Labute approximate surface area is 113 Å². The van der Waals surface area contributed by atoms with E-state index in [4.69, 9.17) is 4.74 Å². The van der Waals surface area contributed by atoms with Crippen LogP contribution in [-0.2, 0) is 4.79 Å². The van der Waals surface area contributed by atoms with Gasteiger partial charge in [-0.05, 0) is 26.0 Å². The Morgan fingerprint density at radius 1 is 1.42 bits per heavy atom. The molecule has 19 heavy (non-hydrogen) atoms. The summed E-state index contributed by atoms with van der Waals surface area (Å²) >= 11 is 0. The van der Waals surface area contributed by atoms with Crippen LogP contribution in [-0.4, -0.2) is 36.8 Å². The van der Waals surface area contributed by atoms with Crippen LogP contribution in [0.5, 0.6) is 5.75 Å². The van der Waals surface area contributed by atoms with Crippen molar-refractivity contribution in [3.8, 4) is 5.75 Å². The molecule has 0 unspecified atom stereocenters. The fourth-order valence-electron chi connectivity index (χ4n) is 1.64. The quantitative estimate of drug-likeness (QED) is 0.559. The summed E-state index contributed by atoms with van der Waals surface area (Å²) in [6.07, 6.45) is 0.714. The van der Waals surface area contributed by atoms with Crippen LogP contribution >= 0.6 is 0 Å². The molecule has 0 aliphatic carbocycles. The van der Waals surface area contributed by atoms with Crippen LogP contribution in [0.25, 0.3) is 0 Å². The van der Waals surface area contributed by atoms with E-state index in [9.17, 15) is 9.59 Å². The fourth-order valence-corrected chi connectivity index (χ4v) is 1.64. The van der Waals surface area contributed by atoms with Gasteiger partial charge in [0.05, 0.1) is 5.56 Å². The van der Waals surface area contributed by atoms with Crippen LogP contribution in [0.4, 0.5) is 0 Å². The van der Waals surface area contributed by atoms with Gasteiger partial charge in [-0.15, -0.1) is 0 Å². The van der Waals surface area contributed by atoms with Crippen molar-refractivity contribution in [2.45, 2.75) is 13.8 Å². The van der Waals surface area contributed by atoms with Crippen LogP contribution < -0.4 is 4.74 Å². The summed E-state index contributed by atoms with van der Waals surface area (Å²) in [5.74, 6) is 0.309. The lowest BCUT2D eigenvalue weighted by atomic mass is 10.2. The summed E-state index contributed by atoms with van der Waals surface area (Å²) in [6.45, 7) is 8.61. The molecular formula is C15H19NO3. The van der Waals surface area contributed by atoms with Gasteiger partial charge in [0.2, 0.25) is 0 Å². The Morgan fingerprint density at radius 2 is 2.11 bits per heavy atom. The average molecular weight is 261 g/mol. The average Bonchev–Trinajstić information content (AvgIpc) is 2.42. The number of hydrogen-bond donors (Lipinski definition) is 0. The van der Waals surface area contributed by atoms with Crippen molar-refractivity contribution in [1.82, 2.24) is 4.90 Å². The summed E-state index contributed by atoms with van der Waals surface area (Å²) in [6, 6.07) is 6.83. The van der Waals surface area contributed by atoms with Crippen molar-refractivity contribution >= 4 is 12.2 Å². The van der Waals surface area contributed by atoms with Crippen LogP contribution in [0.2, 0.25) is 0 Å². The van der Waals surface area contributed by atoms with Gasteiger partial charge < -0.3 is 9.64 Å². The smallest absolute Gasteiger partial charge is 0.260 e. The Kier molecular flexibility index (Phi) is 5.79. The molecule has 1 rings (SSSR count). The standard InChI is InChI=1S/C15H19NO3/c1-4-16(9-12(2)3)15(18)11-19-14-8-6-5-7-13(14)10-17/h5-8,10H,2,4,9,11H2,1,3H3. The lowest BCUT2D eigenvalue weighted by Gasteiger charge is -2.21. The van der Waals surface area contributed by atoms with Gasteiger partial charge in [0, 0.05) is 13.1 Å². The predicted molar refractivity (Wildman–Crippen MR) is 74.4 cm³/mol. The molecule has 4 heteroatoms. The van der Waals surface area contributed by atoms with Crippen molar-refractivity contribution in [1.29, 1.82) is 0 Å². The molecule has 1 amide bonds. The van der Waals surface area contributed by atoms with Crippen LogP contribution in [0, 0.1) is 0 Å². The maximum Gasteiger partial charge on any atom is 0.260 e. The van der Waals surface area contributed by atoms with E-state index in [1.165, 1.54) is 0 Å². The number of nitrogens with zero attached hydrogens (tertiary/aromatic N) is 1. The largest absolute Gasteiger partial charge is 0.483 e. The number of carbonyl (C=O) groups is 2. The van der Waals surface area contributed by atoms with Crippen molar-refractivity contribution < 1.29 is 14.3 Å². The zero-order valence-electron chi connectivity index (χ0n) is 11.4. The van der Waals surface area contributed by atoms with E-state index in [1.807, 2.05) is 13.8 Å². The Morgan fingerprint density at radius 3 is 2.68 bits per heavy atom. The van der Waals surface area contributed by atoms with Gasteiger partial charge in [0.15, 0.2) is 12.9 Å². The summed E-state index contributed by atoms with van der Waals surface area (Å²) in [7, 11) is 0. The van der Waals surface area contributed by atoms with Crippen molar-refractivity contribution in [2.24, 2.45) is 0 Å². The van der Waals surface area contributed by atoms with Crippen molar-refractivity contribution in [2.75, 3.05) is 19.7 Å². The molecule has 0 spiro atoms. The molecule has 1 aromatic carbocycles. The molecule has 0 saturated heterocycles. The molecule has 102 valence electrons. The minimum Gasteiger partial charge on any atom is -0.483 e. The van der Waals surface area contributed by atoms with Gasteiger partial charge in [-0.2, -0.15) is 0 Å². The highest BCUT2D eigenvalue weighted by Crippen LogP contribution is 2.15. The second-order valence-electron chi connectivity index (χ2n) is 4.31. The van der Waals surface area contributed by atoms with Gasteiger partial charge >= 0.3 is 0 Å². The van der Waals surface area contributed by atoms with E-state index in [-0.39, 0.29) is 12.5 Å². The maximum absolute atomic E-state index is 12.0. The number of para-hydroxylation sites is 1. The number of benzene rings is 1. The number of ether oxygens (including phenoxy) is 1. The molecule has 0 heterocycles. The van der Waals surface area contributed by atoms with Crippen molar-refractivity contribution in [3.05, 3.63) is 42.0 Å². The minimum absolute atomic E-state index is 0.0774. The summed E-state index contributed by atoms with van der Waals surface area (Å²) in [5.41, 5.74) is 1.36. The molecule has 0 fully saturated rings. The van der Waals surface area contributed by atoms with E-state index in [2.05, 4.69) is 6.58 Å². The normalized spacial score (nSPS) is 9.79. The molecule has 0 N–H and O–H groups in total. The topological polar surface area (TPSA) is 46.6 Å². The third kappa shape index (κ3) is 4.58. The number of carbonyl (C=O) groups excluding carboxylic acids is 2. The zero-order chi connectivity index (χ0) is 14.3. The minimum atomic E-state index is -0.119. The third-order valence-electron chi connectivity index (χ3n) is 2.59. The van der Waals surface area contributed by atoms with Gasteiger partial charge in [0.1, 0.15) is 5.75 Å². The molecule has 0 bridgehead atoms. The van der Waals surface area contributed by atoms with Gasteiger partial charge in [0.25, 0.3) is 5.91 Å². The molecule has 1 aromatic rings. The number of likely N-dealkylation sites (N-methyl/N-ethyl adjacent to an activating group) is 1. The number of hydrogen-bond acceptors (Lipinski definition) is 3. The first-order valence-corrected chi connectivity index (χ1v) is 6.17. The first kappa shape index (κ1) is 15.0. The first-order valence-electron chi connectivity index (χ1n) is 6.17. The van der Waals surface area contributed by atoms with E-state index in [1.54, 1.807) is 29.2 Å². The lowest BCUT2D eigenvalue weighted by molar-refractivity contribution is -0.132. The number of rotatable bonds is 7. The highest BCUT2D eigenvalue weighted by atomic mass is 16.5. The second kappa shape index (κ2) is 7.36. The van der Waals surface area contributed by atoms with Gasteiger partial charge in [-0.1, -0.05) is 24.3 Å². The van der Waals surface area contributed by atoms with E-state index in [0.29, 0.717) is 30.7 Å². The van der Waals surface area contributed by atoms with E-state index in [0.717, 1.165) is 5.57 Å². The van der Waals surface area contributed by atoms with Crippen LogP contribution in [0.15, 0.2) is 36.4 Å².